The SMILES string of the molecule is CCCNC(=O)C(CC(=O)N1CCC(N2Cc3ccccc3NC2=O)CC1)Cc1cc(C)c2[nH]ncc2c1. The zero-order chi connectivity index (χ0) is 26.6. The Morgan fingerprint density at radius 1 is 1.18 bits per heavy atom. The summed E-state index contributed by atoms with van der Waals surface area (Å²) in [6.45, 7) is 6.38. The van der Waals surface area contributed by atoms with Gasteiger partial charge in [0.05, 0.1) is 17.6 Å². The summed E-state index contributed by atoms with van der Waals surface area (Å²) < 4.78 is 0. The van der Waals surface area contributed by atoms with Gasteiger partial charge in [-0.25, -0.2) is 4.79 Å². The first kappa shape index (κ1) is 25.8. The van der Waals surface area contributed by atoms with Crippen molar-refractivity contribution in [3.8, 4) is 0 Å². The van der Waals surface area contributed by atoms with E-state index in [0.29, 0.717) is 32.6 Å². The zero-order valence-corrected chi connectivity index (χ0v) is 22.1. The van der Waals surface area contributed by atoms with Crippen molar-refractivity contribution >= 4 is 34.4 Å². The van der Waals surface area contributed by atoms with Crippen LogP contribution in [0.2, 0.25) is 0 Å². The van der Waals surface area contributed by atoms with E-state index in [2.05, 4.69) is 26.9 Å². The number of H-pyrrole nitrogens is 1. The Labute approximate surface area is 222 Å². The molecule has 3 N–H and O–H groups in total. The Hall–Kier alpha value is -3.88. The molecule has 0 saturated carbocycles. The second kappa shape index (κ2) is 11.2. The summed E-state index contributed by atoms with van der Waals surface area (Å²) >= 11 is 0. The van der Waals surface area contributed by atoms with Crippen molar-refractivity contribution in [2.75, 3.05) is 25.0 Å². The number of anilines is 1. The Morgan fingerprint density at radius 3 is 2.76 bits per heavy atom. The molecule has 3 heterocycles. The molecule has 3 aromatic rings. The highest BCUT2D eigenvalue weighted by Gasteiger charge is 2.33. The van der Waals surface area contributed by atoms with Gasteiger partial charge in [-0.05, 0) is 61.4 Å². The van der Waals surface area contributed by atoms with E-state index in [0.717, 1.165) is 52.5 Å². The molecule has 0 spiro atoms. The number of hydrogen-bond acceptors (Lipinski definition) is 4. The van der Waals surface area contributed by atoms with Gasteiger partial charge in [0, 0.05) is 49.7 Å². The number of urea groups is 1. The molecule has 9 nitrogen and oxygen atoms in total. The van der Waals surface area contributed by atoms with Crippen LogP contribution >= 0.6 is 0 Å². The fourth-order valence-corrected chi connectivity index (χ4v) is 5.65. The number of aromatic amines is 1. The summed E-state index contributed by atoms with van der Waals surface area (Å²) in [5, 5.41) is 14.1. The molecule has 1 fully saturated rings. The van der Waals surface area contributed by atoms with Crippen LogP contribution in [0.25, 0.3) is 10.9 Å². The van der Waals surface area contributed by atoms with Crippen LogP contribution in [0.5, 0.6) is 0 Å². The Morgan fingerprint density at radius 2 is 1.97 bits per heavy atom. The lowest BCUT2D eigenvalue weighted by molar-refractivity contribution is -0.137. The smallest absolute Gasteiger partial charge is 0.322 e. The van der Waals surface area contributed by atoms with Gasteiger partial charge in [-0.15, -0.1) is 0 Å². The minimum absolute atomic E-state index is 0.00495. The Bertz CT molecular complexity index is 1330. The first-order valence-corrected chi connectivity index (χ1v) is 13.6. The molecule has 0 bridgehead atoms. The third-order valence-corrected chi connectivity index (χ3v) is 7.75. The lowest BCUT2D eigenvalue weighted by Gasteiger charge is -2.40. The second-order valence-corrected chi connectivity index (χ2v) is 10.5. The van der Waals surface area contributed by atoms with Gasteiger partial charge in [0.1, 0.15) is 0 Å². The molecule has 4 amide bonds. The van der Waals surface area contributed by atoms with E-state index >= 15 is 0 Å². The number of aromatic nitrogens is 2. The molecule has 2 aliphatic heterocycles. The summed E-state index contributed by atoms with van der Waals surface area (Å²) in [6, 6.07) is 12.0. The van der Waals surface area contributed by atoms with Crippen molar-refractivity contribution in [1.82, 2.24) is 25.3 Å². The summed E-state index contributed by atoms with van der Waals surface area (Å²) in [4.78, 5) is 42.9. The van der Waals surface area contributed by atoms with Crippen LogP contribution < -0.4 is 10.6 Å². The maximum Gasteiger partial charge on any atom is 0.322 e. The molecular weight excluding hydrogens is 480 g/mol. The van der Waals surface area contributed by atoms with Gasteiger partial charge in [-0.3, -0.25) is 14.7 Å². The fraction of sp³-hybridized carbons (Fsp3) is 0.448. The minimum atomic E-state index is -0.445. The van der Waals surface area contributed by atoms with E-state index in [9.17, 15) is 14.4 Å². The molecule has 1 atom stereocenters. The predicted molar refractivity (Wildman–Crippen MR) is 147 cm³/mol. The molecule has 0 radical (unpaired) electrons. The highest BCUT2D eigenvalue weighted by molar-refractivity contribution is 5.92. The van der Waals surface area contributed by atoms with Crippen molar-refractivity contribution < 1.29 is 14.4 Å². The lowest BCUT2D eigenvalue weighted by Crippen LogP contribution is -2.51. The number of nitrogens with zero attached hydrogens (tertiary/aromatic N) is 3. The number of aryl methyl sites for hydroxylation is 1. The molecule has 200 valence electrons. The van der Waals surface area contributed by atoms with E-state index in [1.165, 1.54) is 0 Å². The number of fused-ring (bicyclic) bond motifs is 2. The van der Waals surface area contributed by atoms with Crippen LogP contribution in [0.4, 0.5) is 10.5 Å². The number of nitrogens with one attached hydrogen (secondary N) is 3. The summed E-state index contributed by atoms with van der Waals surface area (Å²) in [5.41, 5.74) is 5.06. The van der Waals surface area contributed by atoms with Gasteiger partial charge in [-0.2, -0.15) is 5.10 Å². The molecule has 38 heavy (non-hydrogen) atoms. The topological polar surface area (TPSA) is 110 Å². The molecule has 9 heteroatoms. The summed E-state index contributed by atoms with van der Waals surface area (Å²) in [6.07, 6.45) is 4.74. The maximum absolute atomic E-state index is 13.4. The predicted octanol–water partition coefficient (Wildman–Crippen LogP) is 3.99. The highest BCUT2D eigenvalue weighted by atomic mass is 16.2. The highest BCUT2D eigenvalue weighted by Crippen LogP contribution is 2.28. The van der Waals surface area contributed by atoms with Crippen LogP contribution in [0.15, 0.2) is 42.6 Å². The molecule has 0 aliphatic carbocycles. The number of carbonyl (C=O) groups is 3. The largest absolute Gasteiger partial charge is 0.356 e. The Kier molecular flexibility index (Phi) is 7.62. The van der Waals surface area contributed by atoms with Crippen LogP contribution in [-0.4, -0.2) is 63.5 Å². The summed E-state index contributed by atoms with van der Waals surface area (Å²) in [7, 11) is 0. The molecule has 5 rings (SSSR count). The monoisotopic (exact) mass is 516 g/mol. The number of amides is 4. The van der Waals surface area contributed by atoms with Gasteiger partial charge in [0.2, 0.25) is 11.8 Å². The van der Waals surface area contributed by atoms with Crippen LogP contribution in [0, 0.1) is 12.8 Å². The van der Waals surface area contributed by atoms with E-state index < -0.39 is 5.92 Å². The number of hydrogen-bond donors (Lipinski definition) is 3. The molecular formula is C29H36N6O3. The van der Waals surface area contributed by atoms with E-state index in [1.54, 1.807) is 6.20 Å². The second-order valence-electron chi connectivity index (χ2n) is 10.5. The van der Waals surface area contributed by atoms with Crippen molar-refractivity contribution in [3.05, 3.63) is 59.3 Å². The number of likely N-dealkylation sites (tertiary alicyclic amines) is 1. The van der Waals surface area contributed by atoms with Gasteiger partial charge in [-0.1, -0.05) is 31.2 Å². The molecule has 2 aromatic carbocycles. The number of piperidine rings is 1. The van der Waals surface area contributed by atoms with Crippen molar-refractivity contribution in [3.63, 3.8) is 0 Å². The molecule has 1 aromatic heterocycles. The van der Waals surface area contributed by atoms with Crippen molar-refractivity contribution in [1.29, 1.82) is 0 Å². The minimum Gasteiger partial charge on any atom is -0.356 e. The summed E-state index contributed by atoms with van der Waals surface area (Å²) in [5.74, 6) is -0.529. The lowest BCUT2D eigenvalue weighted by atomic mass is 9.92. The average Bonchev–Trinajstić information content (AvgIpc) is 3.40. The van der Waals surface area contributed by atoms with E-state index in [1.807, 2.05) is 54.0 Å². The number of rotatable bonds is 8. The molecule has 1 saturated heterocycles. The van der Waals surface area contributed by atoms with Gasteiger partial charge >= 0.3 is 6.03 Å². The fourth-order valence-electron chi connectivity index (χ4n) is 5.65. The van der Waals surface area contributed by atoms with Crippen molar-refractivity contribution in [2.45, 2.75) is 58.5 Å². The number of para-hydroxylation sites is 1. The van der Waals surface area contributed by atoms with Crippen LogP contribution in [0.1, 0.15) is 49.3 Å². The quantitative estimate of drug-likeness (QED) is 0.421. The van der Waals surface area contributed by atoms with Gasteiger partial charge in [0.15, 0.2) is 0 Å². The van der Waals surface area contributed by atoms with Crippen LogP contribution in [-0.2, 0) is 22.6 Å². The first-order chi connectivity index (χ1) is 18.4. The average molecular weight is 517 g/mol. The molecule has 2 aliphatic rings. The standard InChI is InChI=1S/C29H36N6O3/c1-3-10-30-28(37)22(14-20-13-19(2)27-23(15-20)17-31-33-27)16-26(36)34-11-8-24(9-12-34)35-18-21-6-4-5-7-25(21)32-29(35)38/h4-7,13,15,17,22,24H,3,8-12,14,16,18H2,1-2H3,(H,30,37)(H,31,33)(H,32,38). The zero-order valence-electron chi connectivity index (χ0n) is 22.1. The van der Waals surface area contributed by atoms with Crippen LogP contribution in [0.3, 0.4) is 0 Å². The number of carbonyl (C=O) groups excluding carboxylic acids is 3. The first-order valence-electron chi connectivity index (χ1n) is 13.6. The normalized spacial score (nSPS) is 16.7. The van der Waals surface area contributed by atoms with Crippen molar-refractivity contribution in [2.24, 2.45) is 5.92 Å². The third kappa shape index (κ3) is 5.51. The van der Waals surface area contributed by atoms with E-state index in [-0.39, 0.29) is 30.3 Å². The maximum atomic E-state index is 13.4. The number of benzene rings is 2. The van der Waals surface area contributed by atoms with Gasteiger partial charge in [0.25, 0.3) is 0 Å². The third-order valence-electron chi connectivity index (χ3n) is 7.75. The Balaban J connectivity index is 1.22. The van der Waals surface area contributed by atoms with Gasteiger partial charge < -0.3 is 20.4 Å². The van der Waals surface area contributed by atoms with E-state index in [4.69, 9.17) is 0 Å². The molecule has 1 unspecified atom stereocenters.